The van der Waals surface area contributed by atoms with E-state index in [0.717, 1.165) is 25.9 Å². The summed E-state index contributed by atoms with van der Waals surface area (Å²) >= 11 is 0. The van der Waals surface area contributed by atoms with Crippen molar-refractivity contribution in [2.24, 2.45) is 21.5 Å². The molecule has 22 heavy (non-hydrogen) atoms. The van der Waals surface area contributed by atoms with Gasteiger partial charge in [-0.2, -0.15) is 0 Å². The van der Waals surface area contributed by atoms with Gasteiger partial charge in [0.15, 0.2) is 11.9 Å². The summed E-state index contributed by atoms with van der Waals surface area (Å²) in [7, 11) is 4.08. The third-order valence-corrected chi connectivity index (χ3v) is 4.53. The van der Waals surface area contributed by atoms with Crippen molar-refractivity contribution in [2.75, 3.05) is 27.2 Å². The Hall–Kier alpha value is -1.46. The van der Waals surface area contributed by atoms with E-state index in [-0.39, 0.29) is 0 Å². The largest absolute Gasteiger partial charge is 0.370 e. The Balaban J connectivity index is 1.47. The van der Waals surface area contributed by atoms with Gasteiger partial charge in [-0.1, -0.05) is 12.8 Å². The molecule has 2 saturated carbocycles. The topological polar surface area (TPSA) is 83.2 Å². The average molecular weight is 308 g/mol. The molecule has 0 radical (unpaired) electrons. The third-order valence-electron chi connectivity index (χ3n) is 4.53. The molecular weight excluding hydrogens is 276 g/mol. The molecule has 6 nitrogen and oxygen atoms in total. The van der Waals surface area contributed by atoms with Crippen molar-refractivity contribution in [3.63, 3.8) is 0 Å². The van der Waals surface area contributed by atoms with Crippen LogP contribution in [-0.2, 0) is 0 Å². The molecule has 0 unspecified atom stereocenters. The van der Waals surface area contributed by atoms with E-state index in [4.69, 9.17) is 11.5 Å². The van der Waals surface area contributed by atoms with Gasteiger partial charge >= 0.3 is 0 Å². The normalized spacial score (nSPS) is 19.4. The Morgan fingerprint density at radius 3 is 1.45 bits per heavy atom. The van der Waals surface area contributed by atoms with Crippen molar-refractivity contribution >= 4 is 11.9 Å². The lowest BCUT2D eigenvalue weighted by Gasteiger charge is -2.17. The maximum absolute atomic E-state index is 5.95. The van der Waals surface area contributed by atoms with Crippen molar-refractivity contribution in [1.82, 2.24) is 9.80 Å². The van der Waals surface area contributed by atoms with Gasteiger partial charge in [-0.25, -0.2) is 0 Å². The van der Waals surface area contributed by atoms with E-state index in [2.05, 4.69) is 19.8 Å². The van der Waals surface area contributed by atoms with Gasteiger partial charge in [-0.15, -0.1) is 0 Å². The van der Waals surface area contributed by atoms with E-state index in [0.29, 0.717) is 24.0 Å². The second-order valence-corrected chi connectivity index (χ2v) is 6.58. The van der Waals surface area contributed by atoms with Crippen molar-refractivity contribution < 1.29 is 0 Å². The second kappa shape index (κ2) is 8.25. The summed E-state index contributed by atoms with van der Waals surface area (Å²) < 4.78 is 0. The fourth-order valence-electron chi connectivity index (χ4n) is 2.49. The number of unbranched alkanes of at least 4 members (excludes halogenated alkanes) is 3. The van der Waals surface area contributed by atoms with Gasteiger partial charge in [-0.05, 0) is 38.5 Å². The lowest BCUT2D eigenvalue weighted by atomic mass is 10.2. The SMILES string of the molecule is CN(C(N)=NCCCCCCN=C(N)N(C)C1CC1)C1CC1. The van der Waals surface area contributed by atoms with Crippen LogP contribution in [0.1, 0.15) is 51.4 Å². The highest BCUT2D eigenvalue weighted by Crippen LogP contribution is 2.25. The van der Waals surface area contributed by atoms with Gasteiger partial charge in [0.2, 0.25) is 0 Å². The number of rotatable bonds is 9. The molecule has 0 aromatic carbocycles. The van der Waals surface area contributed by atoms with Crippen LogP contribution in [0.3, 0.4) is 0 Å². The summed E-state index contributed by atoms with van der Waals surface area (Å²) in [4.78, 5) is 13.1. The first-order valence-corrected chi connectivity index (χ1v) is 8.65. The van der Waals surface area contributed by atoms with E-state index in [9.17, 15) is 0 Å². The van der Waals surface area contributed by atoms with Crippen molar-refractivity contribution in [2.45, 2.75) is 63.5 Å². The lowest BCUT2D eigenvalue weighted by molar-refractivity contribution is 0.485. The Labute approximate surface area is 134 Å². The molecule has 6 heteroatoms. The highest BCUT2D eigenvalue weighted by atomic mass is 15.3. The van der Waals surface area contributed by atoms with Crippen LogP contribution in [0.4, 0.5) is 0 Å². The second-order valence-electron chi connectivity index (χ2n) is 6.58. The maximum Gasteiger partial charge on any atom is 0.191 e. The van der Waals surface area contributed by atoms with E-state index in [1.54, 1.807) is 0 Å². The van der Waals surface area contributed by atoms with Crippen molar-refractivity contribution in [3.05, 3.63) is 0 Å². The zero-order chi connectivity index (χ0) is 15.9. The molecule has 2 fully saturated rings. The Bertz CT molecular complexity index is 359. The first kappa shape index (κ1) is 16.9. The smallest absolute Gasteiger partial charge is 0.191 e. The van der Waals surface area contributed by atoms with Crippen LogP contribution in [0.5, 0.6) is 0 Å². The first-order chi connectivity index (χ1) is 10.6. The quantitative estimate of drug-likeness (QED) is 0.383. The van der Waals surface area contributed by atoms with E-state index < -0.39 is 0 Å². The third kappa shape index (κ3) is 5.73. The minimum atomic E-state index is 0.640. The summed E-state index contributed by atoms with van der Waals surface area (Å²) in [6.45, 7) is 1.66. The molecule has 0 heterocycles. The molecular formula is C16H32N6. The molecule has 4 N–H and O–H groups in total. The summed E-state index contributed by atoms with van der Waals surface area (Å²) in [6, 6.07) is 1.28. The monoisotopic (exact) mass is 308 g/mol. The van der Waals surface area contributed by atoms with Gasteiger partial charge in [0.25, 0.3) is 0 Å². The molecule has 0 spiro atoms. The fourth-order valence-corrected chi connectivity index (χ4v) is 2.49. The number of guanidine groups is 2. The number of nitrogens with two attached hydrogens (primary N) is 2. The zero-order valence-electron chi connectivity index (χ0n) is 14.2. The first-order valence-electron chi connectivity index (χ1n) is 8.65. The highest BCUT2D eigenvalue weighted by Gasteiger charge is 2.27. The Morgan fingerprint density at radius 2 is 1.14 bits per heavy atom. The summed E-state index contributed by atoms with van der Waals surface area (Å²) in [6.07, 6.45) is 9.58. The molecule has 0 aromatic heterocycles. The van der Waals surface area contributed by atoms with E-state index in [1.807, 2.05) is 14.1 Å². The molecule has 0 saturated heterocycles. The Morgan fingerprint density at radius 1 is 0.773 bits per heavy atom. The van der Waals surface area contributed by atoms with Gasteiger partial charge in [-0.3, -0.25) is 9.98 Å². The van der Waals surface area contributed by atoms with Gasteiger partial charge < -0.3 is 21.3 Å². The summed E-state index contributed by atoms with van der Waals surface area (Å²) in [5, 5.41) is 0. The maximum atomic E-state index is 5.95. The molecule has 0 amide bonds. The predicted molar refractivity (Wildman–Crippen MR) is 93.0 cm³/mol. The Kier molecular flexibility index (Phi) is 6.34. The minimum Gasteiger partial charge on any atom is -0.370 e. The molecule has 0 bridgehead atoms. The van der Waals surface area contributed by atoms with Gasteiger partial charge in [0.05, 0.1) is 0 Å². The van der Waals surface area contributed by atoms with Gasteiger partial charge in [0.1, 0.15) is 0 Å². The molecule has 0 aliphatic heterocycles. The molecule has 0 atom stereocenters. The molecule has 2 aliphatic rings. The number of hydrogen-bond donors (Lipinski definition) is 2. The van der Waals surface area contributed by atoms with Crippen molar-refractivity contribution in [1.29, 1.82) is 0 Å². The number of aliphatic imine (C=N–C) groups is 2. The number of hydrogen-bond acceptors (Lipinski definition) is 2. The highest BCUT2D eigenvalue weighted by molar-refractivity contribution is 5.78. The van der Waals surface area contributed by atoms with E-state index in [1.165, 1.54) is 38.5 Å². The summed E-state index contributed by atoms with van der Waals surface area (Å²) in [5.41, 5.74) is 11.9. The standard InChI is InChI=1S/C16H32N6/c1-21(13-7-8-13)15(17)19-11-5-3-4-6-12-20-16(18)22(2)14-9-10-14/h13-14H,3-12H2,1-2H3,(H2,17,19)(H2,18,20). The lowest BCUT2D eigenvalue weighted by Crippen LogP contribution is -2.35. The van der Waals surface area contributed by atoms with Crippen molar-refractivity contribution in [3.8, 4) is 0 Å². The zero-order valence-corrected chi connectivity index (χ0v) is 14.2. The molecule has 0 aromatic rings. The van der Waals surface area contributed by atoms with Crippen LogP contribution in [-0.4, -0.2) is 61.0 Å². The number of nitrogens with zero attached hydrogens (tertiary/aromatic N) is 4. The molecule has 2 rings (SSSR count). The van der Waals surface area contributed by atoms with Crippen LogP contribution in [0, 0.1) is 0 Å². The predicted octanol–water partition coefficient (Wildman–Crippen LogP) is 1.36. The van der Waals surface area contributed by atoms with Crippen LogP contribution in [0.2, 0.25) is 0 Å². The van der Waals surface area contributed by atoms with Crippen LogP contribution in [0.15, 0.2) is 9.98 Å². The van der Waals surface area contributed by atoms with Crippen LogP contribution < -0.4 is 11.5 Å². The minimum absolute atomic E-state index is 0.640. The van der Waals surface area contributed by atoms with E-state index >= 15 is 0 Å². The fraction of sp³-hybridized carbons (Fsp3) is 0.875. The molecule has 2 aliphatic carbocycles. The van der Waals surface area contributed by atoms with Crippen LogP contribution >= 0.6 is 0 Å². The van der Waals surface area contributed by atoms with Gasteiger partial charge in [0, 0.05) is 39.3 Å². The molecule has 126 valence electrons. The summed E-state index contributed by atoms with van der Waals surface area (Å²) in [5.74, 6) is 1.39. The van der Waals surface area contributed by atoms with Crippen LogP contribution in [0.25, 0.3) is 0 Å². The average Bonchev–Trinajstić information content (AvgIpc) is 3.40.